The molecule has 0 amide bonds. The summed E-state index contributed by atoms with van der Waals surface area (Å²) < 4.78 is 26.6. The minimum atomic E-state index is -3.35. The zero-order valence-corrected chi connectivity index (χ0v) is 12.1. The number of nitrogens with zero attached hydrogens (tertiary/aromatic N) is 1. The second kappa shape index (κ2) is 5.59. The molecule has 0 aromatic heterocycles. The van der Waals surface area contributed by atoms with Crippen LogP contribution in [0.5, 0.6) is 0 Å². The molecule has 100 valence electrons. The SMILES string of the molecule is Cc1cc(S(=O)(=O)N2CCCCCC2)ccc1Cl. The van der Waals surface area contributed by atoms with Crippen LogP contribution in [0.3, 0.4) is 0 Å². The summed E-state index contributed by atoms with van der Waals surface area (Å²) >= 11 is 5.93. The molecule has 1 aliphatic rings. The van der Waals surface area contributed by atoms with Gasteiger partial charge in [-0.1, -0.05) is 24.4 Å². The zero-order chi connectivity index (χ0) is 13.2. The fraction of sp³-hybridized carbons (Fsp3) is 0.538. The van der Waals surface area contributed by atoms with Crippen LogP contribution < -0.4 is 0 Å². The Morgan fingerprint density at radius 1 is 1.11 bits per heavy atom. The highest BCUT2D eigenvalue weighted by Crippen LogP contribution is 2.24. The van der Waals surface area contributed by atoms with Crippen molar-refractivity contribution in [1.82, 2.24) is 4.31 Å². The van der Waals surface area contributed by atoms with Crippen molar-refractivity contribution in [1.29, 1.82) is 0 Å². The first-order chi connectivity index (χ1) is 8.51. The van der Waals surface area contributed by atoms with Gasteiger partial charge in [-0.2, -0.15) is 4.31 Å². The van der Waals surface area contributed by atoms with Crippen LogP contribution in [0.2, 0.25) is 5.02 Å². The van der Waals surface area contributed by atoms with E-state index in [0.29, 0.717) is 23.0 Å². The zero-order valence-electron chi connectivity index (χ0n) is 10.5. The predicted molar refractivity (Wildman–Crippen MR) is 73.4 cm³/mol. The predicted octanol–water partition coefficient (Wildman–Crippen LogP) is 3.21. The van der Waals surface area contributed by atoms with Gasteiger partial charge < -0.3 is 0 Å². The summed E-state index contributed by atoms with van der Waals surface area (Å²) in [7, 11) is -3.35. The molecule has 0 spiro atoms. The molecule has 0 N–H and O–H groups in total. The Kier molecular flexibility index (Phi) is 4.30. The summed E-state index contributed by atoms with van der Waals surface area (Å²) in [5.74, 6) is 0. The monoisotopic (exact) mass is 287 g/mol. The highest BCUT2D eigenvalue weighted by Gasteiger charge is 2.25. The molecule has 5 heteroatoms. The molecule has 1 heterocycles. The summed E-state index contributed by atoms with van der Waals surface area (Å²) in [6, 6.07) is 4.90. The Morgan fingerprint density at radius 3 is 2.28 bits per heavy atom. The maximum absolute atomic E-state index is 12.5. The van der Waals surface area contributed by atoms with Crippen molar-refractivity contribution < 1.29 is 8.42 Å². The van der Waals surface area contributed by atoms with Gasteiger partial charge in [-0.05, 0) is 43.5 Å². The van der Waals surface area contributed by atoms with Crippen LogP contribution in [0, 0.1) is 6.92 Å². The van der Waals surface area contributed by atoms with Gasteiger partial charge >= 0.3 is 0 Å². The van der Waals surface area contributed by atoms with E-state index in [2.05, 4.69) is 0 Å². The lowest BCUT2D eigenvalue weighted by Crippen LogP contribution is -2.31. The summed E-state index contributed by atoms with van der Waals surface area (Å²) in [6.07, 6.45) is 4.13. The van der Waals surface area contributed by atoms with Crippen LogP contribution >= 0.6 is 11.6 Å². The molecule has 1 saturated heterocycles. The van der Waals surface area contributed by atoms with E-state index in [4.69, 9.17) is 11.6 Å². The standard InChI is InChI=1S/C13H18ClNO2S/c1-11-10-12(6-7-13(11)14)18(16,17)15-8-4-2-3-5-9-15/h6-7,10H,2-5,8-9H2,1H3. The average Bonchev–Trinajstić information content (AvgIpc) is 2.61. The summed E-state index contributed by atoms with van der Waals surface area (Å²) in [4.78, 5) is 0.353. The maximum atomic E-state index is 12.5. The van der Waals surface area contributed by atoms with Crippen LogP contribution in [-0.2, 0) is 10.0 Å². The van der Waals surface area contributed by atoms with Gasteiger partial charge in [0, 0.05) is 18.1 Å². The van der Waals surface area contributed by atoms with E-state index in [1.807, 2.05) is 6.92 Å². The van der Waals surface area contributed by atoms with Gasteiger partial charge in [-0.15, -0.1) is 0 Å². The molecule has 0 aliphatic carbocycles. The summed E-state index contributed by atoms with van der Waals surface area (Å²) in [5.41, 5.74) is 0.799. The van der Waals surface area contributed by atoms with Crippen LogP contribution in [0.15, 0.2) is 23.1 Å². The van der Waals surface area contributed by atoms with E-state index < -0.39 is 10.0 Å². The van der Waals surface area contributed by atoms with Crippen molar-refractivity contribution in [3.05, 3.63) is 28.8 Å². The van der Waals surface area contributed by atoms with Crippen molar-refractivity contribution in [2.45, 2.75) is 37.5 Å². The number of rotatable bonds is 2. The van der Waals surface area contributed by atoms with Gasteiger partial charge in [-0.25, -0.2) is 8.42 Å². The first-order valence-corrected chi connectivity index (χ1v) is 8.10. The van der Waals surface area contributed by atoms with Gasteiger partial charge in [0.25, 0.3) is 0 Å². The van der Waals surface area contributed by atoms with Crippen LogP contribution in [0.25, 0.3) is 0 Å². The normalized spacial score (nSPS) is 18.6. The lowest BCUT2D eigenvalue weighted by molar-refractivity contribution is 0.423. The topological polar surface area (TPSA) is 37.4 Å². The van der Waals surface area contributed by atoms with Crippen LogP contribution in [0.1, 0.15) is 31.2 Å². The first-order valence-electron chi connectivity index (χ1n) is 6.28. The minimum Gasteiger partial charge on any atom is -0.207 e. The third-order valence-corrected chi connectivity index (χ3v) is 5.65. The lowest BCUT2D eigenvalue weighted by atomic mass is 10.2. The molecule has 1 aliphatic heterocycles. The second-order valence-corrected chi connectivity index (χ2v) is 7.07. The molecule has 0 saturated carbocycles. The number of sulfonamides is 1. The molecular formula is C13H18ClNO2S. The van der Waals surface area contributed by atoms with E-state index in [9.17, 15) is 8.42 Å². The smallest absolute Gasteiger partial charge is 0.207 e. The largest absolute Gasteiger partial charge is 0.243 e. The third-order valence-electron chi connectivity index (χ3n) is 3.33. The average molecular weight is 288 g/mol. The van der Waals surface area contributed by atoms with Crippen LogP contribution in [-0.4, -0.2) is 25.8 Å². The number of benzene rings is 1. The summed E-state index contributed by atoms with van der Waals surface area (Å²) in [6.45, 7) is 3.08. The van der Waals surface area contributed by atoms with Crippen molar-refractivity contribution in [3.63, 3.8) is 0 Å². The van der Waals surface area contributed by atoms with E-state index in [-0.39, 0.29) is 0 Å². The van der Waals surface area contributed by atoms with Gasteiger partial charge in [0.15, 0.2) is 0 Å². The highest BCUT2D eigenvalue weighted by molar-refractivity contribution is 7.89. The first kappa shape index (κ1) is 13.8. The minimum absolute atomic E-state index is 0.353. The van der Waals surface area contributed by atoms with Crippen LogP contribution in [0.4, 0.5) is 0 Å². The van der Waals surface area contributed by atoms with Crippen molar-refractivity contribution in [2.24, 2.45) is 0 Å². The number of hydrogen-bond acceptors (Lipinski definition) is 2. The fourth-order valence-electron chi connectivity index (χ4n) is 2.21. The molecule has 18 heavy (non-hydrogen) atoms. The fourth-order valence-corrected chi connectivity index (χ4v) is 3.93. The van der Waals surface area contributed by atoms with Gasteiger partial charge in [0.1, 0.15) is 0 Å². The number of aryl methyl sites for hydroxylation is 1. The Labute approximate surface area is 114 Å². The molecule has 3 nitrogen and oxygen atoms in total. The van der Waals surface area contributed by atoms with Gasteiger partial charge in [0.05, 0.1) is 4.90 Å². The summed E-state index contributed by atoms with van der Waals surface area (Å²) in [5, 5.41) is 0.602. The molecule has 1 aromatic rings. The Hall–Kier alpha value is -0.580. The number of halogens is 1. The molecule has 1 aromatic carbocycles. The molecule has 2 rings (SSSR count). The second-order valence-electron chi connectivity index (χ2n) is 4.73. The highest BCUT2D eigenvalue weighted by atomic mass is 35.5. The Morgan fingerprint density at radius 2 is 1.72 bits per heavy atom. The molecule has 0 bridgehead atoms. The third kappa shape index (κ3) is 2.87. The molecule has 0 unspecified atom stereocenters. The van der Waals surface area contributed by atoms with Crippen molar-refractivity contribution >= 4 is 21.6 Å². The van der Waals surface area contributed by atoms with E-state index in [1.165, 1.54) is 0 Å². The van der Waals surface area contributed by atoms with Crippen molar-refractivity contribution in [2.75, 3.05) is 13.1 Å². The van der Waals surface area contributed by atoms with Crippen molar-refractivity contribution in [3.8, 4) is 0 Å². The van der Waals surface area contributed by atoms with E-state index in [1.54, 1.807) is 22.5 Å². The molecular weight excluding hydrogens is 270 g/mol. The quantitative estimate of drug-likeness (QED) is 0.837. The number of hydrogen-bond donors (Lipinski definition) is 0. The maximum Gasteiger partial charge on any atom is 0.243 e. The Bertz CT molecular complexity index is 520. The molecule has 1 fully saturated rings. The molecule has 0 atom stereocenters. The van der Waals surface area contributed by atoms with Gasteiger partial charge in [0.2, 0.25) is 10.0 Å². The van der Waals surface area contributed by atoms with E-state index in [0.717, 1.165) is 31.2 Å². The Balaban J connectivity index is 2.31. The van der Waals surface area contributed by atoms with E-state index >= 15 is 0 Å². The lowest BCUT2D eigenvalue weighted by Gasteiger charge is -2.20. The molecule has 0 radical (unpaired) electrons. The van der Waals surface area contributed by atoms with Gasteiger partial charge in [-0.3, -0.25) is 0 Å².